The molecule has 0 radical (unpaired) electrons. The maximum atomic E-state index is 11.2. The number of amides is 1. The van der Waals surface area contributed by atoms with E-state index in [1.54, 1.807) is 12.1 Å². The number of nitrogens with two attached hydrogens (primary N) is 1. The lowest BCUT2D eigenvalue weighted by Gasteiger charge is -2.27. The molecule has 1 aliphatic heterocycles. The Hall–Kier alpha value is -1.66. The molecule has 0 aliphatic carbocycles. The van der Waals surface area contributed by atoms with E-state index in [2.05, 4.69) is 20.5 Å². The Morgan fingerprint density at radius 2 is 2.20 bits per heavy atom. The first-order valence-electron chi connectivity index (χ1n) is 7.10. The molecular formula is C14H23N5O. The van der Waals surface area contributed by atoms with Gasteiger partial charge in [-0.25, -0.2) is 4.98 Å². The summed E-state index contributed by atoms with van der Waals surface area (Å²) in [6.45, 7) is 8.19. The molecule has 2 rings (SSSR count). The molecule has 0 atom stereocenters. The van der Waals surface area contributed by atoms with Crippen LogP contribution in [0.1, 0.15) is 22.5 Å². The summed E-state index contributed by atoms with van der Waals surface area (Å²) < 4.78 is 0. The van der Waals surface area contributed by atoms with Crippen LogP contribution in [-0.4, -0.2) is 55.1 Å². The highest BCUT2D eigenvalue weighted by Crippen LogP contribution is 2.09. The standard InChI is InChI=1S/C14H23N5O/c1-11-9-12(14(15)20)10-13(18-11)17-3-2-6-19-7-4-16-5-8-19/h9-10,16H,2-8H2,1H3,(H2,15,20)(H,17,18). The van der Waals surface area contributed by atoms with Crippen molar-refractivity contribution in [3.8, 4) is 0 Å². The number of hydrogen-bond acceptors (Lipinski definition) is 5. The summed E-state index contributed by atoms with van der Waals surface area (Å²) in [5, 5.41) is 6.60. The average Bonchev–Trinajstić information content (AvgIpc) is 2.44. The van der Waals surface area contributed by atoms with E-state index in [4.69, 9.17) is 5.73 Å². The SMILES string of the molecule is Cc1cc(C(N)=O)cc(NCCCN2CCNCC2)n1. The predicted octanol–water partition coefficient (Wildman–Crippen LogP) is 0.196. The molecule has 1 fully saturated rings. The molecule has 6 nitrogen and oxygen atoms in total. The van der Waals surface area contributed by atoms with Crippen LogP contribution >= 0.6 is 0 Å². The topological polar surface area (TPSA) is 83.3 Å². The Labute approximate surface area is 119 Å². The van der Waals surface area contributed by atoms with Crippen molar-refractivity contribution >= 4 is 11.7 Å². The summed E-state index contributed by atoms with van der Waals surface area (Å²) in [6, 6.07) is 3.41. The van der Waals surface area contributed by atoms with Crippen LogP contribution in [0.15, 0.2) is 12.1 Å². The molecule has 0 spiro atoms. The molecule has 0 unspecified atom stereocenters. The van der Waals surface area contributed by atoms with Crippen molar-refractivity contribution < 1.29 is 4.79 Å². The van der Waals surface area contributed by atoms with Gasteiger partial charge in [0.1, 0.15) is 5.82 Å². The molecule has 1 aromatic rings. The number of pyridine rings is 1. The Bertz CT molecular complexity index is 457. The van der Waals surface area contributed by atoms with Crippen molar-refractivity contribution in [3.05, 3.63) is 23.4 Å². The Balaban J connectivity index is 1.77. The summed E-state index contributed by atoms with van der Waals surface area (Å²) >= 11 is 0. The molecule has 110 valence electrons. The maximum Gasteiger partial charge on any atom is 0.248 e. The lowest BCUT2D eigenvalue weighted by Crippen LogP contribution is -2.44. The summed E-state index contributed by atoms with van der Waals surface area (Å²) in [6.07, 6.45) is 1.06. The summed E-state index contributed by atoms with van der Waals surface area (Å²) in [5.74, 6) is 0.304. The maximum absolute atomic E-state index is 11.2. The lowest BCUT2D eigenvalue weighted by atomic mass is 10.2. The van der Waals surface area contributed by atoms with Crippen molar-refractivity contribution in [2.45, 2.75) is 13.3 Å². The number of primary amides is 1. The van der Waals surface area contributed by atoms with Crippen LogP contribution in [0, 0.1) is 6.92 Å². The monoisotopic (exact) mass is 277 g/mol. The van der Waals surface area contributed by atoms with Crippen LogP contribution < -0.4 is 16.4 Å². The number of rotatable bonds is 6. The van der Waals surface area contributed by atoms with Gasteiger partial charge < -0.3 is 21.3 Å². The predicted molar refractivity (Wildman–Crippen MR) is 79.9 cm³/mol. The highest BCUT2D eigenvalue weighted by atomic mass is 16.1. The van der Waals surface area contributed by atoms with Gasteiger partial charge in [-0.2, -0.15) is 0 Å². The van der Waals surface area contributed by atoms with Gasteiger partial charge >= 0.3 is 0 Å². The fourth-order valence-electron chi connectivity index (χ4n) is 2.36. The Kier molecular flexibility index (Phi) is 5.31. The molecule has 1 saturated heterocycles. The van der Waals surface area contributed by atoms with Gasteiger partial charge in [0.2, 0.25) is 5.91 Å². The van der Waals surface area contributed by atoms with Crippen molar-refractivity contribution in [2.24, 2.45) is 5.73 Å². The number of piperazine rings is 1. The largest absolute Gasteiger partial charge is 0.370 e. The van der Waals surface area contributed by atoms with Gasteiger partial charge in [-0.15, -0.1) is 0 Å². The normalized spacial score (nSPS) is 16.1. The van der Waals surface area contributed by atoms with E-state index in [1.807, 2.05) is 6.92 Å². The van der Waals surface area contributed by atoms with Gasteiger partial charge in [-0.1, -0.05) is 0 Å². The zero-order chi connectivity index (χ0) is 14.4. The summed E-state index contributed by atoms with van der Waals surface area (Å²) in [4.78, 5) is 18.0. The van der Waals surface area contributed by atoms with Gasteiger partial charge in [0.25, 0.3) is 0 Å². The van der Waals surface area contributed by atoms with E-state index in [0.29, 0.717) is 5.56 Å². The van der Waals surface area contributed by atoms with E-state index >= 15 is 0 Å². The molecule has 4 N–H and O–H groups in total. The van der Waals surface area contributed by atoms with Crippen LogP contribution in [0.3, 0.4) is 0 Å². The second kappa shape index (κ2) is 7.21. The highest BCUT2D eigenvalue weighted by molar-refractivity contribution is 5.93. The number of carbonyl (C=O) groups is 1. The van der Waals surface area contributed by atoms with Crippen LogP contribution in [0.25, 0.3) is 0 Å². The zero-order valence-corrected chi connectivity index (χ0v) is 12.0. The van der Waals surface area contributed by atoms with Gasteiger partial charge in [-0.3, -0.25) is 4.79 Å². The summed E-state index contributed by atoms with van der Waals surface area (Å²) in [5.41, 5.74) is 6.60. The molecule has 20 heavy (non-hydrogen) atoms. The molecule has 0 aromatic carbocycles. The van der Waals surface area contributed by atoms with E-state index in [-0.39, 0.29) is 0 Å². The first kappa shape index (κ1) is 14.7. The number of nitrogens with zero attached hydrogens (tertiary/aromatic N) is 2. The molecule has 2 heterocycles. The van der Waals surface area contributed by atoms with Crippen LogP contribution in [0.4, 0.5) is 5.82 Å². The minimum absolute atomic E-state index is 0.417. The van der Waals surface area contributed by atoms with E-state index < -0.39 is 5.91 Å². The first-order chi connectivity index (χ1) is 9.65. The molecule has 6 heteroatoms. The third kappa shape index (κ3) is 4.47. The number of carbonyl (C=O) groups excluding carboxylic acids is 1. The Morgan fingerprint density at radius 3 is 2.90 bits per heavy atom. The van der Waals surface area contributed by atoms with Crippen molar-refractivity contribution in [1.29, 1.82) is 0 Å². The molecule has 1 aliphatic rings. The van der Waals surface area contributed by atoms with Gasteiger partial charge in [-0.05, 0) is 32.0 Å². The summed E-state index contributed by atoms with van der Waals surface area (Å²) in [7, 11) is 0. The van der Waals surface area contributed by atoms with Crippen molar-refractivity contribution in [1.82, 2.24) is 15.2 Å². The van der Waals surface area contributed by atoms with E-state index in [1.165, 1.54) is 0 Å². The van der Waals surface area contributed by atoms with Crippen molar-refractivity contribution in [2.75, 3.05) is 44.6 Å². The number of nitrogens with one attached hydrogen (secondary N) is 2. The smallest absolute Gasteiger partial charge is 0.248 e. The molecule has 1 amide bonds. The fourth-order valence-corrected chi connectivity index (χ4v) is 2.36. The van der Waals surface area contributed by atoms with Crippen LogP contribution in [0.2, 0.25) is 0 Å². The molecule has 0 saturated carbocycles. The number of aromatic nitrogens is 1. The van der Waals surface area contributed by atoms with Gasteiger partial charge in [0.15, 0.2) is 0 Å². The first-order valence-corrected chi connectivity index (χ1v) is 7.10. The number of anilines is 1. The van der Waals surface area contributed by atoms with Crippen LogP contribution in [0.5, 0.6) is 0 Å². The van der Waals surface area contributed by atoms with Crippen molar-refractivity contribution in [3.63, 3.8) is 0 Å². The minimum Gasteiger partial charge on any atom is -0.370 e. The minimum atomic E-state index is -0.417. The number of hydrogen-bond donors (Lipinski definition) is 3. The van der Waals surface area contributed by atoms with Gasteiger partial charge in [0.05, 0.1) is 0 Å². The molecular weight excluding hydrogens is 254 g/mol. The highest BCUT2D eigenvalue weighted by Gasteiger charge is 2.08. The molecule has 1 aromatic heterocycles. The van der Waals surface area contributed by atoms with Crippen LogP contribution in [-0.2, 0) is 0 Å². The third-order valence-corrected chi connectivity index (χ3v) is 3.40. The van der Waals surface area contributed by atoms with E-state index in [9.17, 15) is 4.79 Å². The second-order valence-corrected chi connectivity index (χ2v) is 5.12. The van der Waals surface area contributed by atoms with Gasteiger partial charge in [0, 0.05) is 44.0 Å². The lowest BCUT2D eigenvalue weighted by molar-refractivity contribution is 0.1000. The zero-order valence-electron chi connectivity index (χ0n) is 12.0. The fraction of sp³-hybridized carbons (Fsp3) is 0.571. The quantitative estimate of drug-likeness (QED) is 0.647. The Morgan fingerprint density at radius 1 is 1.45 bits per heavy atom. The molecule has 0 bridgehead atoms. The average molecular weight is 277 g/mol. The second-order valence-electron chi connectivity index (χ2n) is 5.12. The van der Waals surface area contributed by atoms with E-state index in [0.717, 1.165) is 57.2 Å². The third-order valence-electron chi connectivity index (χ3n) is 3.40. The number of aryl methyl sites for hydroxylation is 1.